The lowest BCUT2D eigenvalue weighted by Gasteiger charge is -2.29. The first kappa shape index (κ1) is 8.61. The quantitative estimate of drug-likeness (QED) is 0.808. The van der Waals surface area contributed by atoms with Gasteiger partial charge in [-0.15, -0.1) is 10.2 Å². The second kappa shape index (κ2) is 3.47. The average Bonchev–Trinajstić information content (AvgIpc) is 2.80. The number of aromatic nitrogens is 2. The molecule has 3 rings (SSSR count). The van der Waals surface area contributed by atoms with E-state index in [4.69, 9.17) is 4.74 Å². The minimum atomic E-state index is 0.401. The van der Waals surface area contributed by atoms with Gasteiger partial charge in [-0.2, -0.15) is 0 Å². The number of hydrogen-bond donors (Lipinski definition) is 1. The maximum Gasteiger partial charge on any atom is 0.205 e. The van der Waals surface area contributed by atoms with Crippen molar-refractivity contribution < 1.29 is 4.74 Å². The molecular weight excluding hydrogens is 198 g/mol. The maximum absolute atomic E-state index is 5.85. The molecule has 0 aliphatic carbocycles. The summed E-state index contributed by atoms with van der Waals surface area (Å²) < 4.78 is 5.85. The first-order chi connectivity index (χ1) is 6.92. The lowest BCUT2D eigenvalue weighted by molar-refractivity contribution is -0.00220. The molecule has 1 aromatic heterocycles. The smallest absolute Gasteiger partial charge is 0.205 e. The summed E-state index contributed by atoms with van der Waals surface area (Å²) in [5, 5.41) is 12.1. The summed E-state index contributed by atoms with van der Waals surface area (Å²) in [6.45, 7) is 0. The molecule has 3 heterocycles. The zero-order valence-corrected chi connectivity index (χ0v) is 8.67. The number of hydrogen-bond acceptors (Lipinski definition) is 5. The van der Waals surface area contributed by atoms with Crippen molar-refractivity contribution >= 4 is 16.5 Å². The van der Waals surface area contributed by atoms with Gasteiger partial charge < -0.3 is 10.1 Å². The Labute approximate surface area is 86.7 Å². The molecule has 1 N–H and O–H groups in total. The van der Waals surface area contributed by atoms with E-state index in [0.29, 0.717) is 18.2 Å². The molecule has 2 saturated heterocycles. The van der Waals surface area contributed by atoms with Crippen LogP contribution in [0.4, 0.5) is 5.13 Å². The van der Waals surface area contributed by atoms with Crippen LogP contribution >= 0.6 is 11.3 Å². The molecule has 2 fully saturated rings. The largest absolute Gasteiger partial charge is 0.373 e. The zero-order chi connectivity index (χ0) is 9.38. The van der Waals surface area contributed by atoms with E-state index in [1.165, 1.54) is 25.7 Å². The molecule has 0 amide bonds. The number of rotatable bonds is 2. The molecule has 3 atom stereocenters. The summed E-state index contributed by atoms with van der Waals surface area (Å²) in [5.74, 6) is 0. The Bertz CT molecular complexity index is 303. The monoisotopic (exact) mass is 211 g/mol. The molecule has 0 spiro atoms. The molecule has 3 unspecified atom stereocenters. The SMILES string of the molecule is c1nnc(NC2CCC3CCC2O3)s1. The van der Waals surface area contributed by atoms with Crippen LogP contribution < -0.4 is 5.32 Å². The first-order valence-electron chi connectivity index (χ1n) is 5.10. The molecule has 0 radical (unpaired) electrons. The lowest BCUT2D eigenvalue weighted by Crippen LogP contribution is -2.37. The highest BCUT2D eigenvalue weighted by atomic mass is 32.1. The summed E-state index contributed by atoms with van der Waals surface area (Å²) >= 11 is 1.55. The second-order valence-electron chi connectivity index (χ2n) is 3.95. The number of ether oxygens (including phenoxy) is 1. The molecule has 14 heavy (non-hydrogen) atoms. The van der Waals surface area contributed by atoms with E-state index in [9.17, 15) is 0 Å². The summed E-state index contributed by atoms with van der Waals surface area (Å²) in [5.41, 5.74) is 1.75. The van der Waals surface area contributed by atoms with E-state index in [1.54, 1.807) is 16.8 Å². The number of fused-ring (bicyclic) bond motifs is 2. The van der Waals surface area contributed by atoms with Gasteiger partial charge in [0.25, 0.3) is 0 Å². The molecule has 5 heteroatoms. The van der Waals surface area contributed by atoms with Crippen LogP contribution in [0.2, 0.25) is 0 Å². The second-order valence-corrected chi connectivity index (χ2v) is 4.78. The van der Waals surface area contributed by atoms with Gasteiger partial charge in [-0.3, -0.25) is 0 Å². The Morgan fingerprint density at radius 1 is 1.36 bits per heavy atom. The zero-order valence-electron chi connectivity index (χ0n) is 7.85. The van der Waals surface area contributed by atoms with Crippen LogP contribution in [-0.2, 0) is 4.74 Å². The van der Waals surface area contributed by atoms with E-state index < -0.39 is 0 Å². The van der Waals surface area contributed by atoms with E-state index >= 15 is 0 Å². The summed E-state index contributed by atoms with van der Waals surface area (Å²) in [6.07, 6.45) is 5.76. The normalized spacial score (nSPS) is 35.9. The van der Waals surface area contributed by atoms with Crippen LogP contribution in [-0.4, -0.2) is 28.4 Å². The maximum atomic E-state index is 5.85. The van der Waals surface area contributed by atoms with Gasteiger partial charge in [-0.25, -0.2) is 0 Å². The Balaban J connectivity index is 1.67. The highest BCUT2D eigenvalue weighted by molar-refractivity contribution is 7.13. The topological polar surface area (TPSA) is 47.0 Å². The van der Waals surface area contributed by atoms with Gasteiger partial charge in [0.05, 0.1) is 18.2 Å². The molecule has 4 nitrogen and oxygen atoms in total. The van der Waals surface area contributed by atoms with Gasteiger partial charge in [0.2, 0.25) is 5.13 Å². The van der Waals surface area contributed by atoms with Gasteiger partial charge in [-0.1, -0.05) is 11.3 Å². The van der Waals surface area contributed by atoms with Crippen LogP contribution in [0.25, 0.3) is 0 Å². The van der Waals surface area contributed by atoms with Crippen molar-refractivity contribution in [1.29, 1.82) is 0 Å². The Kier molecular flexibility index (Phi) is 2.14. The number of nitrogens with one attached hydrogen (secondary N) is 1. The molecule has 76 valence electrons. The van der Waals surface area contributed by atoms with Crippen LogP contribution in [0.15, 0.2) is 5.51 Å². The minimum absolute atomic E-state index is 0.401. The van der Waals surface area contributed by atoms with E-state index in [-0.39, 0.29) is 0 Å². The summed E-state index contributed by atoms with van der Waals surface area (Å²) in [4.78, 5) is 0. The molecule has 0 saturated carbocycles. The standard InChI is InChI=1S/C9H13N3OS/c1-3-7(8-4-2-6(1)13-8)11-9-12-10-5-14-9/h5-8H,1-4H2,(H,11,12). The fraction of sp³-hybridized carbons (Fsp3) is 0.778. The molecule has 2 aliphatic rings. The third-order valence-electron chi connectivity index (χ3n) is 3.06. The predicted octanol–water partition coefficient (Wildman–Crippen LogP) is 1.66. The fourth-order valence-electron chi connectivity index (χ4n) is 2.35. The van der Waals surface area contributed by atoms with Crippen LogP contribution in [0.3, 0.4) is 0 Å². The van der Waals surface area contributed by atoms with Crippen LogP contribution in [0, 0.1) is 0 Å². The van der Waals surface area contributed by atoms with Crippen molar-refractivity contribution in [3.63, 3.8) is 0 Å². The lowest BCUT2D eigenvalue weighted by atomic mass is 10.0. The Hall–Kier alpha value is -0.680. The Morgan fingerprint density at radius 3 is 3.14 bits per heavy atom. The number of anilines is 1. The van der Waals surface area contributed by atoms with Crippen molar-refractivity contribution in [3.05, 3.63) is 5.51 Å². The molecule has 0 aromatic carbocycles. The molecule has 1 aromatic rings. The molecular formula is C9H13N3OS. The van der Waals surface area contributed by atoms with Crippen molar-refractivity contribution in [1.82, 2.24) is 10.2 Å². The highest BCUT2D eigenvalue weighted by Gasteiger charge is 2.36. The van der Waals surface area contributed by atoms with Crippen molar-refractivity contribution in [3.8, 4) is 0 Å². The van der Waals surface area contributed by atoms with Crippen molar-refractivity contribution in [2.45, 2.75) is 43.9 Å². The fourth-order valence-corrected chi connectivity index (χ4v) is 2.86. The van der Waals surface area contributed by atoms with Crippen molar-refractivity contribution in [2.75, 3.05) is 5.32 Å². The predicted molar refractivity (Wildman–Crippen MR) is 54.4 cm³/mol. The molecule has 2 aliphatic heterocycles. The number of nitrogens with zero attached hydrogens (tertiary/aromatic N) is 2. The summed E-state index contributed by atoms with van der Waals surface area (Å²) in [7, 11) is 0. The summed E-state index contributed by atoms with van der Waals surface area (Å²) in [6, 6.07) is 0.446. The third-order valence-corrected chi connectivity index (χ3v) is 3.68. The highest BCUT2D eigenvalue weighted by Crippen LogP contribution is 2.34. The molecule has 2 bridgehead atoms. The first-order valence-corrected chi connectivity index (χ1v) is 5.98. The van der Waals surface area contributed by atoms with Gasteiger partial charge in [0.15, 0.2) is 0 Å². The minimum Gasteiger partial charge on any atom is -0.373 e. The van der Waals surface area contributed by atoms with E-state index in [0.717, 1.165) is 5.13 Å². The van der Waals surface area contributed by atoms with E-state index in [2.05, 4.69) is 15.5 Å². The average molecular weight is 211 g/mol. The third kappa shape index (κ3) is 1.50. The van der Waals surface area contributed by atoms with Gasteiger partial charge in [0, 0.05) is 0 Å². The van der Waals surface area contributed by atoms with Crippen molar-refractivity contribution in [2.24, 2.45) is 0 Å². The van der Waals surface area contributed by atoms with Crippen LogP contribution in [0.1, 0.15) is 25.7 Å². The van der Waals surface area contributed by atoms with Gasteiger partial charge >= 0.3 is 0 Å². The van der Waals surface area contributed by atoms with Crippen LogP contribution in [0.5, 0.6) is 0 Å². The Morgan fingerprint density at radius 2 is 2.29 bits per heavy atom. The van der Waals surface area contributed by atoms with Gasteiger partial charge in [0.1, 0.15) is 5.51 Å². The van der Waals surface area contributed by atoms with E-state index in [1.807, 2.05) is 0 Å². The van der Waals surface area contributed by atoms with Gasteiger partial charge in [-0.05, 0) is 25.7 Å².